The van der Waals surface area contributed by atoms with E-state index < -0.39 is 0 Å². The van der Waals surface area contributed by atoms with Gasteiger partial charge < -0.3 is 18.6 Å². The van der Waals surface area contributed by atoms with Crippen LogP contribution in [-0.4, -0.2) is 17.8 Å². The molecule has 20 rings (SSSR count). The van der Waals surface area contributed by atoms with Crippen molar-refractivity contribution in [2.24, 2.45) is 0 Å². The minimum absolute atomic E-state index is 0.00712. The molecule has 12 aromatic rings. The van der Waals surface area contributed by atoms with E-state index in [4.69, 9.17) is 8.83 Å². The second-order valence-electron chi connectivity index (χ2n) is 46.3. The molecule has 0 bridgehead atoms. The molecule has 4 aliphatic carbocycles. The van der Waals surface area contributed by atoms with Crippen LogP contribution in [0.1, 0.15) is 310 Å². The molecule has 0 saturated heterocycles. The largest absolute Gasteiger partial charge is 0.440 e. The second kappa shape index (κ2) is 27.0. The number of benzene rings is 10. The lowest BCUT2D eigenvalue weighted by atomic mass is 9.33. The standard InChI is InChI=1S/C57H65BN2O.C57H68N2O/c1-34-27-45-49-46(28-34)60-50-42(56(12)23-17-18-24-57(56,60)13)30-37(53(5,6)7)31-43(50)58(49)48-39-32-40-41(55(10,11)26-25-54(40,8)9)33-47(39)61-51(48)59(45)44-22-21-36(52(2,3)4)29-38(44)35-19-15-14-16-20-35;1-37-29-42(35-43(30-37)59-49-24-22-41(53(5,6)7)34-47(49)56(12)25-17-18-26-57(56,59)13)58(48-23-21-40(52(2,3)4)33-44(48)38-19-15-14-16-20-38)51-32-39-31-45-46(36-50(39)60-51)55(10,11)28-27-54(45,8)9/h14-16,19-22,27-33H,17-18,23-26H2,1-13H3;14-16,19-24,29-36H,17-18,25-28H2,1-13H3. The average molecular weight is 1600 g/mol. The Morgan fingerprint density at radius 3 is 1.43 bits per heavy atom. The lowest BCUT2D eigenvalue weighted by Gasteiger charge is -2.52. The first-order valence-corrected chi connectivity index (χ1v) is 46.2. The quantitative estimate of drug-likeness (QED) is 0.148. The van der Waals surface area contributed by atoms with Crippen LogP contribution < -0.4 is 36.0 Å². The third-order valence-corrected chi connectivity index (χ3v) is 32.2. The van der Waals surface area contributed by atoms with Gasteiger partial charge in [0.15, 0.2) is 0 Å². The van der Waals surface area contributed by atoms with E-state index in [1.54, 1.807) is 5.56 Å². The molecule has 4 atom stereocenters. The summed E-state index contributed by atoms with van der Waals surface area (Å²) in [6.45, 7) is 62.5. The third-order valence-electron chi connectivity index (χ3n) is 32.2. The highest BCUT2D eigenvalue weighted by Gasteiger charge is 2.63. The van der Waals surface area contributed by atoms with E-state index in [2.05, 4.69) is 388 Å². The van der Waals surface area contributed by atoms with E-state index in [1.807, 2.05) is 0 Å². The monoisotopic (exact) mass is 1600 g/mol. The van der Waals surface area contributed by atoms with Crippen LogP contribution >= 0.6 is 0 Å². The minimum Gasteiger partial charge on any atom is -0.440 e. The Balaban J connectivity index is 0.000000160. The van der Waals surface area contributed by atoms with Gasteiger partial charge in [0.2, 0.25) is 11.8 Å². The molecule has 0 amide bonds. The van der Waals surface area contributed by atoms with Gasteiger partial charge in [-0.1, -0.05) is 275 Å². The van der Waals surface area contributed by atoms with Crippen molar-refractivity contribution in [2.75, 3.05) is 19.6 Å². The number of hydrogen-bond acceptors (Lipinski definition) is 6. The summed E-state index contributed by atoms with van der Waals surface area (Å²) >= 11 is 0. The van der Waals surface area contributed by atoms with Crippen molar-refractivity contribution >= 4 is 102 Å². The maximum atomic E-state index is 7.60. The van der Waals surface area contributed by atoms with E-state index in [9.17, 15) is 0 Å². The molecular weight excluding hydrogens is 1470 g/mol. The van der Waals surface area contributed by atoms with Gasteiger partial charge in [0.25, 0.3) is 6.71 Å². The van der Waals surface area contributed by atoms with Gasteiger partial charge in [0.1, 0.15) is 11.2 Å². The fourth-order valence-electron chi connectivity index (χ4n) is 24.0. The first-order valence-electron chi connectivity index (χ1n) is 46.2. The predicted octanol–water partition coefficient (Wildman–Crippen LogP) is 30.3. The summed E-state index contributed by atoms with van der Waals surface area (Å²) in [6, 6.07) is 73.4. The van der Waals surface area contributed by atoms with Gasteiger partial charge >= 0.3 is 0 Å². The van der Waals surface area contributed by atoms with Crippen molar-refractivity contribution in [2.45, 2.75) is 322 Å². The Morgan fingerprint density at radius 1 is 0.364 bits per heavy atom. The van der Waals surface area contributed by atoms with Crippen molar-refractivity contribution in [3.05, 3.63) is 255 Å². The van der Waals surface area contributed by atoms with E-state index >= 15 is 0 Å². The van der Waals surface area contributed by atoms with Gasteiger partial charge in [-0.2, -0.15) is 0 Å². The molecule has 2 saturated carbocycles. The number of nitrogens with zero attached hydrogens (tertiary/aromatic N) is 4. The number of aryl methyl sites for hydroxylation is 2. The van der Waals surface area contributed by atoms with Crippen LogP contribution in [0.4, 0.5) is 57.3 Å². The molecule has 121 heavy (non-hydrogen) atoms. The van der Waals surface area contributed by atoms with Crippen LogP contribution in [0.15, 0.2) is 197 Å². The highest BCUT2D eigenvalue weighted by atomic mass is 16.4. The molecule has 0 radical (unpaired) electrons. The molecule has 2 fully saturated rings. The first kappa shape index (κ1) is 81.2. The lowest BCUT2D eigenvalue weighted by molar-refractivity contribution is 0.195. The molecule has 8 aliphatic rings. The van der Waals surface area contributed by atoms with Gasteiger partial charge in [-0.15, -0.1) is 0 Å². The van der Waals surface area contributed by atoms with Crippen molar-refractivity contribution in [3.63, 3.8) is 0 Å². The van der Waals surface area contributed by atoms with Crippen LogP contribution in [0.2, 0.25) is 0 Å². The number of fused-ring (bicyclic) bond motifs is 15. The molecule has 0 N–H and O–H groups in total. The normalized spacial score (nSPS) is 22.6. The highest BCUT2D eigenvalue weighted by Crippen LogP contribution is 2.66. The average Bonchev–Trinajstić information content (AvgIpc) is 1.50. The van der Waals surface area contributed by atoms with E-state index in [1.165, 1.54) is 210 Å². The Hall–Kier alpha value is -9.46. The van der Waals surface area contributed by atoms with Gasteiger partial charge in [0, 0.05) is 72.7 Å². The van der Waals surface area contributed by atoms with E-state index in [0.717, 1.165) is 46.1 Å². The zero-order valence-corrected chi connectivity index (χ0v) is 78.1. The Morgan fingerprint density at radius 2 is 0.843 bits per heavy atom. The summed E-state index contributed by atoms with van der Waals surface area (Å²) < 4.78 is 14.8. The first-order chi connectivity index (χ1) is 56.7. The Bertz CT molecular complexity index is 6180. The molecule has 4 unspecified atom stereocenters. The van der Waals surface area contributed by atoms with Crippen LogP contribution in [0.5, 0.6) is 0 Å². The summed E-state index contributed by atoms with van der Waals surface area (Å²) in [5.74, 6) is 1.81. The SMILES string of the molecule is Cc1cc(N(c2cc3cc4c(cc3o2)C(C)(C)CCC4(C)C)c2ccc(C(C)(C)C)cc2-c2ccccc2)cc(N2c3ccc(C(C)(C)C)cc3C3(C)CCCCC23C)c1.Cc1cc2c3c(c1)N1c4c(cc(C(C)(C)C)cc4C4(C)CCCCC14C)B3c1c(oc3cc4c(cc13)C(C)(C)CCC4(C)C)N2c1ccc(C(C)(C)C)cc1-c1ccccc1. The molecule has 4 aliphatic heterocycles. The fourth-order valence-corrected chi connectivity index (χ4v) is 24.0. The number of rotatable bonds is 7. The van der Waals surface area contributed by atoms with Gasteiger partial charge in [-0.05, 0) is 296 Å². The van der Waals surface area contributed by atoms with E-state index in [-0.39, 0.29) is 71.9 Å². The molecule has 2 aromatic heterocycles. The van der Waals surface area contributed by atoms with E-state index in [0.29, 0.717) is 0 Å². The fraction of sp³-hybridized carbons (Fsp3) is 0.439. The van der Waals surface area contributed by atoms with Crippen LogP contribution in [0, 0.1) is 13.8 Å². The maximum Gasteiger partial charge on any atom is 0.257 e. The zero-order valence-electron chi connectivity index (χ0n) is 78.1. The lowest BCUT2D eigenvalue weighted by Crippen LogP contribution is -2.64. The van der Waals surface area contributed by atoms with Crippen LogP contribution in [-0.2, 0) is 54.1 Å². The van der Waals surface area contributed by atoms with Crippen molar-refractivity contribution in [3.8, 4) is 22.3 Å². The van der Waals surface area contributed by atoms with Crippen molar-refractivity contribution < 1.29 is 8.83 Å². The molecule has 7 heteroatoms. The summed E-state index contributed by atoms with van der Waals surface area (Å²) in [7, 11) is 0. The number of hydrogen-bond donors (Lipinski definition) is 0. The minimum atomic E-state index is -0.0679. The Kier molecular flexibility index (Phi) is 18.1. The van der Waals surface area contributed by atoms with Crippen molar-refractivity contribution in [1.82, 2.24) is 0 Å². The molecule has 6 nitrogen and oxygen atoms in total. The van der Waals surface area contributed by atoms with Crippen molar-refractivity contribution in [1.29, 1.82) is 0 Å². The van der Waals surface area contributed by atoms with Gasteiger partial charge in [-0.25, -0.2) is 0 Å². The Labute approximate surface area is 725 Å². The second-order valence-corrected chi connectivity index (χ2v) is 46.3. The zero-order chi connectivity index (χ0) is 85.8. The summed E-state index contributed by atoms with van der Waals surface area (Å²) in [5.41, 5.74) is 38.3. The number of anilines is 10. The predicted molar refractivity (Wildman–Crippen MR) is 518 cm³/mol. The molecular formula is C114H133BN4O2. The van der Waals surface area contributed by atoms with Crippen LogP contribution in [0.3, 0.4) is 0 Å². The maximum absolute atomic E-state index is 7.60. The third kappa shape index (κ3) is 12.4. The molecule has 624 valence electrons. The molecule has 6 heterocycles. The summed E-state index contributed by atoms with van der Waals surface area (Å²) in [5, 5.41) is 2.43. The molecule has 10 aromatic carbocycles. The molecule has 0 spiro atoms. The van der Waals surface area contributed by atoms with Crippen LogP contribution in [0.25, 0.3) is 44.2 Å². The number of furan rings is 2. The summed E-state index contributed by atoms with van der Waals surface area (Å²) in [4.78, 5) is 10.6. The highest BCUT2D eigenvalue weighted by molar-refractivity contribution is 7.01. The van der Waals surface area contributed by atoms with Gasteiger partial charge in [-0.3, -0.25) is 9.80 Å². The van der Waals surface area contributed by atoms with Gasteiger partial charge in [0.05, 0.1) is 28.1 Å². The summed E-state index contributed by atoms with van der Waals surface area (Å²) in [6.07, 6.45) is 14.5. The topological polar surface area (TPSA) is 39.2 Å². The smallest absolute Gasteiger partial charge is 0.257 e.